The fourth-order valence-electron chi connectivity index (χ4n) is 2.17. The van der Waals surface area contributed by atoms with Crippen LogP contribution in [-0.4, -0.2) is 46.4 Å². The first-order chi connectivity index (χ1) is 8.67. The lowest BCUT2D eigenvalue weighted by atomic mass is 10.2. The zero-order valence-electron chi connectivity index (χ0n) is 10.9. The summed E-state index contributed by atoms with van der Waals surface area (Å²) in [6.45, 7) is 6.47. The zero-order chi connectivity index (χ0) is 13.1. The van der Waals surface area contributed by atoms with Gasteiger partial charge in [-0.3, -0.25) is 9.48 Å². The molecule has 1 aromatic heterocycles. The van der Waals surface area contributed by atoms with Gasteiger partial charge in [-0.2, -0.15) is 5.10 Å². The molecule has 1 fully saturated rings. The van der Waals surface area contributed by atoms with Crippen molar-refractivity contribution in [2.45, 2.75) is 32.9 Å². The maximum absolute atomic E-state index is 12.5. The number of anilines is 1. The highest BCUT2D eigenvalue weighted by Gasteiger charge is 2.27. The van der Waals surface area contributed by atoms with Gasteiger partial charge in [0.05, 0.1) is 24.6 Å². The van der Waals surface area contributed by atoms with Gasteiger partial charge in [-0.15, -0.1) is 0 Å². The first kappa shape index (κ1) is 12.9. The minimum atomic E-state index is -0.0476. The van der Waals surface area contributed by atoms with Crippen LogP contribution in [0.5, 0.6) is 0 Å². The van der Waals surface area contributed by atoms with Crippen LogP contribution in [-0.2, 0) is 11.3 Å². The Hall–Kier alpha value is -1.56. The summed E-state index contributed by atoms with van der Waals surface area (Å²) >= 11 is 0. The van der Waals surface area contributed by atoms with Crippen LogP contribution >= 0.6 is 0 Å². The van der Waals surface area contributed by atoms with E-state index in [9.17, 15) is 4.79 Å². The number of aromatic nitrogens is 2. The molecule has 18 heavy (non-hydrogen) atoms. The Labute approximate surface area is 107 Å². The summed E-state index contributed by atoms with van der Waals surface area (Å²) in [5.74, 6) is -0.0476. The molecule has 0 bridgehead atoms. The van der Waals surface area contributed by atoms with Crippen LogP contribution in [0.25, 0.3) is 0 Å². The molecule has 6 nitrogen and oxygen atoms in total. The van der Waals surface area contributed by atoms with E-state index in [-0.39, 0.29) is 12.0 Å². The molecule has 2 heterocycles. The van der Waals surface area contributed by atoms with Crippen molar-refractivity contribution in [3.8, 4) is 0 Å². The third kappa shape index (κ3) is 2.33. The number of rotatable bonds is 3. The summed E-state index contributed by atoms with van der Waals surface area (Å²) in [6, 6.07) is 0. The third-order valence-electron chi connectivity index (χ3n) is 3.25. The topological polar surface area (TPSA) is 73.4 Å². The summed E-state index contributed by atoms with van der Waals surface area (Å²) in [6.07, 6.45) is 2.57. The standard InChI is InChI=1S/C12H20N4O2/c1-3-9-8-15(5-6-18-9)12(17)11-10(13)7-14-16(11)4-2/h7,9H,3-6,8,13H2,1-2H3. The first-order valence-corrected chi connectivity index (χ1v) is 6.39. The Kier molecular flexibility index (Phi) is 3.86. The quantitative estimate of drug-likeness (QED) is 0.861. The van der Waals surface area contributed by atoms with Crippen molar-refractivity contribution in [2.75, 3.05) is 25.4 Å². The predicted octanol–water partition coefficient (Wildman–Crippen LogP) is 0.736. The molecular formula is C12H20N4O2. The van der Waals surface area contributed by atoms with Gasteiger partial charge in [0.2, 0.25) is 0 Å². The number of hydrogen-bond donors (Lipinski definition) is 1. The number of ether oxygens (including phenoxy) is 1. The molecule has 6 heteroatoms. The van der Waals surface area contributed by atoms with Gasteiger partial charge < -0.3 is 15.4 Å². The van der Waals surface area contributed by atoms with Gasteiger partial charge in [0.1, 0.15) is 5.69 Å². The van der Waals surface area contributed by atoms with Gasteiger partial charge in [-0.1, -0.05) is 6.92 Å². The average Bonchev–Trinajstić information content (AvgIpc) is 2.79. The van der Waals surface area contributed by atoms with E-state index in [2.05, 4.69) is 12.0 Å². The van der Waals surface area contributed by atoms with Gasteiger partial charge in [0, 0.05) is 19.6 Å². The zero-order valence-corrected chi connectivity index (χ0v) is 10.9. The van der Waals surface area contributed by atoms with Crippen LogP contribution in [0, 0.1) is 0 Å². The molecule has 1 aliphatic rings. The molecule has 1 saturated heterocycles. The van der Waals surface area contributed by atoms with Crippen molar-refractivity contribution in [3.05, 3.63) is 11.9 Å². The van der Waals surface area contributed by atoms with Crippen molar-refractivity contribution in [1.82, 2.24) is 14.7 Å². The molecular weight excluding hydrogens is 232 g/mol. The number of nitrogen functional groups attached to an aromatic ring is 1. The first-order valence-electron chi connectivity index (χ1n) is 6.39. The van der Waals surface area contributed by atoms with Gasteiger partial charge in [-0.05, 0) is 13.3 Å². The summed E-state index contributed by atoms with van der Waals surface area (Å²) in [5, 5.41) is 4.10. The van der Waals surface area contributed by atoms with E-state index in [1.807, 2.05) is 6.92 Å². The molecule has 1 atom stereocenters. The van der Waals surface area contributed by atoms with Crippen molar-refractivity contribution in [1.29, 1.82) is 0 Å². The molecule has 2 N–H and O–H groups in total. The molecule has 1 aromatic rings. The highest BCUT2D eigenvalue weighted by atomic mass is 16.5. The molecule has 1 unspecified atom stereocenters. The lowest BCUT2D eigenvalue weighted by molar-refractivity contribution is -0.0229. The molecule has 0 aromatic carbocycles. The van der Waals surface area contributed by atoms with E-state index in [1.165, 1.54) is 6.20 Å². The van der Waals surface area contributed by atoms with Crippen LogP contribution in [0.4, 0.5) is 5.69 Å². The molecule has 0 aliphatic carbocycles. The number of morpholine rings is 1. The predicted molar refractivity (Wildman–Crippen MR) is 68.2 cm³/mol. The maximum atomic E-state index is 12.5. The Morgan fingerprint density at radius 2 is 2.39 bits per heavy atom. The number of carbonyl (C=O) groups excluding carboxylic acids is 1. The Balaban J connectivity index is 2.17. The van der Waals surface area contributed by atoms with E-state index in [0.717, 1.165) is 6.42 Å². The normalized spacial score (nSPS) is 20.1. The molecule has 0 radical (unpaired) electrons. The van der Waals surface area contributed by atoms with Crippen molar-refractivity contribution in [3.63, 3.8) is 0 Å². The third-order valence-corrected chi connectivity index (χ3v) is 3.25. The minimum absolute atomic E-state index is 0.0476. The Morgan fingerprint density at radius 1 is 1.61 bits per heavy atom. The fraction of sp³-hybridized carbons (Fsp3) is 0.667. The van der Waals surface area contributed by atoms with Crippen LogP contribution < -0.4 is 5.73 Å². The largest absolute Gasteiger partial charge is 0.396 e. The summed E-state index contributed by atoms with van der Waals surface area (Å²) in [7, 11) is 0. The van der Waals surface area contributed by atoms with Gasteiger partial charge >= 0.3 is 0 Å². The molecule has 0 saturated carbocycles. The molecule has 1 aliphatic heterocycles. The van der Waals surface area contributed by atoms with E-state index in [0.29, 0.717) is 37.6 Å². The summed E-state index contributed by atoms with van der Waals surface area (Å²) in [4.78, 5) is 14.3. The number of carbonyl (C=O) groups is 1. The summed E-state index contributed by atoms with van der Waals surface area (Å²) < 4.78 is 7.21. The van der Waals surface area contributed by atoms with Crippen LogP contribution in [0.2, 0.25) is 0 Å². The lowest BCUT2D eigenvalue weighted by Crippen LogP contribution is -2.46. The number of amides is 1. The number of aryl methyl sites for hydroxylation is 1. The van der Waals surface area contributed by atoms with E-state index < -0.39 is 0 Å². The SMILES string of the molecule is CCC1CN(C(=O)c2c(N)cnn2CC)CCO1. The Morgan fingerprint density at radius 3 is 3.06 bits per heavy atom. The van der Waals surface area contributed by atoms with Crippen LogP contribution in [0.3, 0.4) is 0 Å². The van der Waals surface area contributed by atoms with Gasteiger partial charge in [-0.25, -0.2) is 0 Å². The van der Waals surface area contributed by atoms with Crippen LogP contribution in [0.15, 0.2) is 6.20 Å². The van der Waals surface area contributed by atoms with Gasteiger partial charge in [0.25, 0.3) is 5.91 Å². The lowest BCUT2D eigenvalue weighted by Gasteiger charge is -2.32. The highest BCUT2D eigenvalue weighted by Crippen LogP contribution is 2.17. The number of hydrogen-bond acceptors (Lipinski definition) is 4. The van der Waals surface area contributed by atoms with Crippen molar-refractivity contribution < 1.29 is 9.53 Å². The monoisotopic (exact) mass is 252 g/mol. The minimum Gasteiger partial charge on any atom is -0.396 e. The molecule has 100 valence electrons. The van der Waals surface area contributed by atoms with Crippen molar-refractivity contribution >= 4 is 11.6 Å². The Bertz CT molecular complexity index is 430. The molecule has 2 rings (SSSR count). The fourth-order valence-corrected chi connectivity index (χ4v) is 2.17. The van der Waals surface area contributed by atoms with Crippen LogP contribution in [0.1, 0.15) is 30.8 Å². The summed E-state index contributed by atoms with van der Waals surface area (Å²) in [5.41, 5.74) is 6.77. The number of nitrogens with zero attached hydrogens (tertiary/aromatic N) is 3. The number of nitrogens with two attached hydrogens (primary N) is 1. The smallest absolute Gasteiger partial charge is 0.274 e. The highest BCUT2D eigenvalue weighted by molar-refractivity contribution is 5.97. The molecule has 0 spiro atoms. The second kappa shape index (κ2) is 5.39. The van der Waals surface area contributed by atoms with Gasteiger partial charge in [0.15, 0.2) is 0 Å². The van der Waals surface area contributed by atoms with Crippen molar-refractivity contribution in [2.24, 2.45) is 0 Å². The van der Waals surface area contributed by atoms with E-state index in [1.54, 1.807) is 9.58 Å². The van der Waals surface area contributed by atoms with E-state index >= 15 is 0 Å². The average molecular weight is 252 g/mol. The second-order valence-electron chi connectivity index (χ2n) is 4.42. The molecule has 1 amide bonds. The maximum Gasteiger partial charge on any atom is 0.274 e. The second-order valence-corrected chi connectivity index (χ2v) is 4.42. The van der Waals surface area contributed by atoms with E-state index in [4.69, 9.17) is 10.5 Å².